The quantitative estimate of drug-likeness (QED) is 0.777. The number of aromatic nitrogens is 3. The van der Waals surface area contributed by atoms with Gasteiger partial charge in [-0.05, 0) is 18.1 Å². The Bertz CT molecular complexity index is 578. The molecule has 0 radical (unpaired) electrons. The molecule has 18 heavy (non-hydrogen) atoms. The largest absolute Gasteiger partial charge is 0.397 e. The van der Waals surface area contributed by atoms with Crippen molar-refractivity contribution in [1.29, 1.82) is 0 Å². The van der Waals surface area contributed by atoms with Crippen LogP contribution in [0.2, 0.25) is 0 Å². The molecule has 92 valence electrons. The average Bonchev–Trinajstić information content (AvgIpc) is 2.97. The highest BCUT2D eigenvalue weighted by Crippen LogP contribution is 2.33. The molecule has 2 heterocycles. The smallest absolute Gasteiger partial charge is 0.248 e. The van der Waals surface area contributed by atoms with Crippen molar-refractivity contribution in [2.45, 2.75) is 13.0 Å². The first-order chi connectivity index (χ1) is 8.75. The van der Waals surface area contributed by atoms with Crippen molar-refractivity contribution in [2.24, 2.45) is 0 Å². The van der Waals surface area contributed by atoms with Crippen LogP contribution in [-0.2, 0) is 17.8 Å². The molecule has 2 aromatic rings. The van der Waals surface area contributed by atoms with E-state index in [2.05, 4.69) is 10.3 Å². The number of carbonyl (C=O) groups is 1. The van der Waals surface area contributed by atoms with Crippen molar-refractivity contribution in [1.82, 2.24) is 15.0 Å². The van der Waals surface area contributed by atoms with Crippen LogP contribution in [0.15, 0.2) is 30.6 Å². The fourth-order valence-corrected chi connectivity index (χ4v) is 2.28. The standard InChI is InChI=1S/C12H13N5O/c13-10-3-1-2-9-4-6-17(12(9)10)11(18)8-16-7-5-14-15-16/h1-3,5,7H,4,6,8,13H2. The molecule has 0 saturated carbocycles. The van der Waals surface area contributed by atoms with Gasteiger partial charge in [-0.25, -0.2) is 4.68 Å². The lowest BCUT2D eigenvalue weighted by Crippen LogP contribution is -2.32. The topological polar surface area (TPSA) is 77.0 Å². The zero-order valence-electron chi connectivity index (χ0n) is 9.78. The van der Waals surface area contributed by atoms with Gasteiger partial charge in [0.15, 0.2) is 0 Å². The number of hydrogen-bond acceptors (Lipinski definition) is 4. The van der Waals surface area contributed by atoms with Gasteiger partial charge in [-0.2, -0.15) is 0 Å². The number of nitrogen functional groups attached to an aromatic ring is 1. The molecule has 2 N–H and O–H groups in total. The third kappa shape index (κ3) is 1.71. The molecule has 0 saturated heterocycles. The highest BCUT2D eigenvalue weighted by molar-refractivity contribution is 5.98. The van der Waals surface area contributed by atoms with Crippen LogP contribution in [0, 0.1) is 0 Å². The second-order valence-electron chi connectivity index (χ2n) is 4.25. The Morgan fingerprint density at radius 1 is 1.44 bits per heavy atom. The van der Waals surface area contributed by atoms with Crippen LogP contribution in [0.5, 0.6) is 0 Å². The minimum Gasteiger partial charge on any atom is -0.397 e. The molecule has 0 atom stereocenters. The number of carbonyl (C=O) groups excluding carboxylic acids is 1. The number of benzene rings is 1. The number of anilines is 2. The van der Waals surface area contributed by atoms with Gasteiger partial charge < -0.3 is 10.6 Å². The molecule has 0 fully saturated rings. The minimum absolute atomic E-state index is 0.0165. The highest BCUT2D eigenvalue weighted by Gasteiger charge is 2.26. The van der Waals surface area contributed by atoms with E-state index in [0.29, 0.717) is 12.2 Å². The molecule has 1 aliphatic heterocycles. The van der Waals surface area contributed by atoms with Gasteiger partial charge in [-0.1, -0.05) is 17.3 Å². The summed E-state index contributed by atoms with van der Waals surface area (Å²) in [5, 5.41) is 7.48. The number of amides is 1. The first kappa shape index (κ1) is 10.8. The zero-order valence-corrected chi connectivity index (χ0v) is 9.78. The Morgan fingerprint density at radius 2 is 2.33 bits per heavy atom. The number of nitrogens with two attached hydrogens (primary N) is 1. The van der Waals surface area contributed by atoms with Gasteiger partial charge in [0.1, 0.15) is 6.54 Å². The van der Waals surface area contributed by atoms with Gasteiger partial charge >= 0.3 is 0 Å². The highest BCUT2D eigenvalue weighted by atomic mass is 16.2. The third-order valence-electron chi connectivity index (χ3n) is 3.10. The van der Waals surface area contributed by atoms with Crippen molar-refractivity contribution in [3.05, 3.63) is 36.2 Å². The van der Waals surface area contributed by atoms with Crippen molar-refractivity contribution >= 4 is 17.3 Å². The first-order valence-electron chi connectivity index (χ1n) is 5.77. The molecular formula is C12H13N5O. The van der Waals surface area contributed by atoms with E-state index in [1.54, 1.807) is 17.3 Å². The SMILES string of the molecule is Nc1cccc2c1N(C(=O)Cn1ccnn1)CC2. The Balaban J connectivity index is 1.86. The van der Waals surface area contributed by atoms with Crippen molar-refractivity contribution < 1.29 is 4.79 Å². The predicted molar refractivity (Wildman–Crippen MR) is 66.9 cm³/mol. The molecular weight excluding hydrogens is 230 g/mol. The van der Waals surface area contributed by atoms with Gasteiger partial charge in [0.2, 0.25) is 5.91 Å². The summed E-state index contributed by atoms with van der Waals surface area (Å²) >= 11 is 0. The predicted octanol–water partition coefficient (Wildman–Crippen LogP) is 0.450. The average molecular weight is 243 g/mol. The lowest BCUT2D eigenvalue weighted by atomic mass is 10.1. The molecule has 1 aromatic heterocycles. The maximum Gasteiger partial charge on any atom is 0.248 e. The second kappa shape index (κ2) is 4.14. The summed E-state index contributed by atoms with van der Waals surface area (Å²) in [5.74, 6) is -0.0165. The van der Waals surface area contributed by atoms with Crippen LogP contribution in [0.4, 0.5) is 11.4 Å². The first-order valence-corrected chi connectivity index (χ1v) is 5.77. The Hall–Kier alpha value is -2.37. The lowest BCUT2D eigenvalue weighted by Gasteiger charge is -2.18. The van der Waals surface area contributed by atoms with Gasteiger partial charge in [0.25, 0.3) is 0 Å². The van der Waals surface area contributed by atoms with Gasteiger partial charge in [0, 0.05) is 12.7 Å². The van der Waals surface area contributed by atoms with E-state index in [-0.39, 0.29) is 12.5 Å². The molecule has 1 aliphatic rings. The van der Waals surface area contributed by atoms with E-state index in [0.717, 1.165) is 17.7 Å². The summed E-state index contributed by atoms with van der Waals surface area (Å²) in [6, 6.07) is 5.74. The number of para-hydroxylation sites is 1. The maximum absolute atomic E-state index is 12.2. The molecule has 6 heteroatoms. The van der Waals surface area contributed by atoms with E-state index in [9.17, 15) is 4.79 Å². The molecule has 0 bridgehead atoms. The summed E-state index contributed by atoms with van der Waals surface area (Å²) in [5.41, 5.74) is 8.57. The van der Waals surface area contributed by atoms with Gasteiger partial charge in [0.05, 0.1) is 17.6 Å². The molecule has 3 rings (SSSR count). The summed E-state index contributed by atoms with van der Waals surface area (Å²) < 4.78 is 1.51. The van der Waals surface area contributed by atoms with Crippen LogP contribution < -0.4 is 10.6 Å². The molecule has 1 aromatic carbocycles. The second-order valence-corrected chi connectivity index (χ2v) is 4.25. The fourth-order valence-electron chi connectivity index (χ4n) is 2.28. The Kier molecular flexibility index (Phi) is 2.47. The van der Waals surface area contributed by atoms with Crippen molar-refractivity contribution in [3.63, 3.8) is 0 Å². The zero-order chi connectivity index (χ0) is 12.5. The Morgan fingerprint density at radius 3 is 3.11 bits per heavy atom. The third-order valence-corrected chi connectivity index (χ3v) is 3.10. The molecule has 1 amide bonds. The van der Waals surface area contributed by atoms with Crippen LogP contribution in [-0.4, -0.2) is 27.4 Å². The normalized spacial score (nSPS) is 13.7. The van der Waals surface area contributed by atoms with Gasteiger partial charge in [-0.15, -0.1) is 5.10 Å². The molecule has 0 unspecified atom stereocenters. The van der Waals surface area contributed by atoms with Crippen molar-refractivity contribution in [3.8, 4) is 0 Å². The maximum atomic E-state index is 12.2. The summed E-state index contributed by atoms with van der Waals surface area (Å²) in [4.78, 5) is 13.9. The monoisotopic (exact) mass is 243 g/mol. The van der Waals surface area contributed by atoms with Crippen LogP contribution >= 0.6 is 0 Å². The van der Waals surface area contributed by atoms with Crippen LogP contribution in [0.1, 0.15) is 5.56 Å². The van der Waals surface area contributed by atoms with E-state index in [4.69, 9.17) is 5.73 Å². The van der Waals surface area contributed by atoms with Crippen molar-refractivity contribution in [2.75, 3.05) is 17.2 Å². The van der Waals surface area contributed by atoms with E-state index in [1.807, 2.05) is 18.2 Å². The summed E-state index contributed by atoms with van der Waals surface area (Å²) in [7, 11) is 0. The van der Waals surface area contributed by atoms with Crippen LogP contribution in [0.25, 0.3) is 0 Å². The minimum atomic E-state index is -0.0165. The van der Waals surface area contributed by atoms with Crippen LogP contribution in [0.3, 0.4) is 0 Å². The Labute approximate surface area is 104 Å². The van der Waals surface area contributed by atoms with E-state index >= 15 is 0 Å². The summed E-state index contributed by atoms with van der Waals surface area (Å²) in [6.07, 6.45) is 4.08. The molecule has 6 nitrogen and oxygen atoms in total. The molecule has 0 aliphatic carbocycles. The number of fused-ring (bicyclic) bond motifs is 1. The molecule has 0 spiro atoms. The fraction of sp³-hybridized carbons (Fsp3) is 0.250. The number of hydrogen-bond donors (Lipinski definition) is 1. The van der Waals surface area contributed by atoms with Gasteiger partial charge in [-0.3, -0.25) is 4.79 Å². The number of rotatable bonds is 2. The van der Waals surface area contributed by atoms with E-state index in [1.165, 1.54) is 4.68 Å². The number of nitrogens with zero attached hydrogens (tertiary/aromatic N) is 4. The lowest BCUT2D eigenvalue weighted by molar-refractivity contribution is -0.119. The summed E-state index contributed by atoms with van der Waals surface area (Å²) in [6.45, 7) is 0.866. The van der Waals surface area contributed by atoms with E-state index < -0.39 is 0 Å².